The summed E-state index contributed by atoms with van der Waals surface area (Å²) in [6, 6.07) is 11.8. The van der Waals surface area contributed by atoms with Crippen molar-refractivity contribution in [1.82, 2.24) is 4.90 Å². The average Bonchev–Trinajstić information content (AvgIpc) is 2.59. The molecule has 0 spiro atoms. The zero-order chi connectivity index (χ0) is 18.9. The van der Waals surface area contributed by atoms with Crippen molar-refractivity contribution < 1.29 is 18.7 Å². The van der Waals surface area contributed by atoms with E-state index in [1.165, 1.54) is 6.07 Å². The SMILES string of the molecule is CCOc1ccc(NC(=O)CN(C)Cc2ccccc2F)cc1OCC. The fraction of sp³-hybridized carbons (Fsp3) is 0.350. The lowest BCUT2D eigenvalue weighted by atomic mass is 10.2. The maximum absolute atomic E-state index is 13.7. The lowest BCUT2D eigenvalue weighted by Crippen LogP contribution is -2.30. The van der Waals surface area contributed by atoms with Crippen molar-refractivity contribution in [2.75, 3.05) is 32.1 Å². The number of nitrogens with one attached hydrogen (secondary N) is 1. The Kier molecular flexibility index (Phi) is 7.41. The number of hydrogen-bond donors (Lipinski definition) is 1. The number of carbonyl (C=O) groups is 1. The maximum atomic E-state index is 13.7. The Hall–Kier alpha value is -2.60. The van der Waals surface area contributed by atoms with Crippen LogP contribution in [0.3, 0.4) is 0 Å². The number of rotatable bonds is 9. The minimum atomic E-state index is -0.271. The molecule has 2 aromatic carbocycles. The van der Waals surface area contributed by atoms with E-state index in [1.807, 2.05) is 13.8 Å². The lowest BCUT2D eigenvalue weighted by Gasteiger charge is -2.17. The van der Waals surface area contributed by atoms with E-state index in [0.29, 0.717) is 42.5 Å². The van der Waals surface area contributed by atoms with Crippen LogP contribution in [-0.2, 0) is 11.3 Å². The van der Waals surface area contributed by atoms with Crippen molar-refractivity contribution in [2.45, 2.75) is 20.4 Å². The van der Waals surface area contributed by atoms with Gasteiger partial charge in [0, 0.05) is 23.9 Å². The van der Waals surface area contributed by atoms with Gasteiger partial charge in [-0.05, 0) is 39.1 Å². The molecule has 0 radical (unpaired) electrons. The Morgan fingerprint density at radius 1 is 1.08 bits per heavy atom. The van der Waals surface area contributed by atoms with Gasteiger partial charge < -0.3 is 14.8 Å². The Labute approximate surface area is 153 Å². The number of nitrogens with zero attached hydrogens (tertiary/aromatic N) is 1. The highest BCUT2D eigenvalue weighted by molar-refractivity contribution is 5.92. The van der Waals surface area contributed by atoms with Gasteiger partial charge in [-0.15, -0.1) is 0 Å². The van der Waals surface area contributed by atoms with Crippen molar-refractivity contribution >= 4 is 11.6 Å². The molecular weight excluding hydrogens is 335 g/mol. The van der Waals surface area contributed by atoms with Crippen LogP contribution in [0.2, 0.25) is 0 Å². The van der Waals surface area contributed by atoms with Crippen LogP contribution in [0.25, 0.3) is 0 Å². The van der Waals surface area contributed by atoms with E-state index in [9.17, 15) is 9.18 Å². The number of anilines is 1. The molecule has 6 heteroatoms. The van der Waals surface area contributed by atoms with Gasteiger partial charge in [0.15, 0.2) is 11.5 Å². The van der Waals surface area contributed by atoms with Crippen molar-refractivity contribution in [1.29, 1.82) is 0 Å². The van der Waals surface area contributed by atoms with E-state index in [1.54, 1.807) is 48.3 Å². The zero-order valence-corrected chi connectivity index (χ0v) is 15.4. The Morgan fingerprint density at radius 3 is 2.46 bits per heavy atom. The van der Waals surface area contributed by atoms with Crippen molar-refractivity contribution in [3.8, 4) is 11.5 Å². The van der Waals surface area contributed by atoms with Crippen LogP contribution in [0, 0.1) is 5.82 Å². The van der Waals surface area contributed by atoms with Crippen LogP contribution in [0.15, 0.2) is 42.5 Å². The summed E-state index contributed by atoms with van der Waals surface area (Å²) in [6.07, 6.45) is 0. The number of benzene rings is 2. The minimum absolute atomic E-state index is 0.144. The summed E-state index contributed by atoms with van der Waals surface area (Å²) in [7, 11) is 1.77. The molecule has 0 aromatic heterocycles. The van der Waals surface area contributed by atoms with Crippen LogP contribution >= 0.6 is 0 Å². The van der Waals surface area contributed by atoms with Crippen LogP contribution in [0.1, 0.15) is 19.4 Å². The molecular formula is C20H25FN2O3. The van der Waals surface area contributed by atoms with Crippen molar-refractivity contribution in [2.24, 2.45) is 0 Å². The van der Waals surface area contributed by atoms with Gasteiger partial charge in [0.1, 0.15) is 5.82 Å². The Bertz CT molecular complexity index is 737. The van der Waals surface area contributed by atoms with Crippen molar-refractivity contribution in [3.05, 3.63) is 53.8 Å². The number of amides is 1. The molecule has 0 aliphatic carbocycles. The molecule has 2 rings (SSSR count). The molecule has 0 heterocycles. The van der Waals surface area contributed by atoms with Gasteiger partial charge in [0.2, 0.25) is 5.91 Å². The number of halogens is 1. The first-order valence-electron chi connectivity index (χ1n) is 8.65. The molecule has 0 bridgehead atoms. The molecule has 0 saturated carbocycles. The van der Waals surface area contributed by atoms with Gasteiger partial charge in [-0.1, -0.05) is 18.2 Å². The smallest absolute Gasteiger partial charge is 0.238 e. The highest BCUT2D eigenvalue weighted by Gasteiger charge is 2.12. The first-order chi connectivity index (χ1) is 12.5. The predicted molar refractivity (Wildman–Crippen MR) is 100 cm³/mol. The summed E-state index contributed by atoms with van der Waals surface area (Å²) >= 11 is 0. The normalized spacial score (nSPS) is 10.7. The third-order valence-corrected chi connectivity index (χ3v) is 3.64. The zero-order valence-electron chi connectivity index (χ0n) is 15.4. The summed E-state index contributed by atoms with van der Waals surface area (Å²) in [5.74, 6) is 0.777. The predicted octanol–water partition coefficient (Wildman–Crippen LogP) is 3.69. The molecule has 0 atom stereocenters. The van der Waals surface area contributed by atoms with E-state index >= 15 is 0 Å². The largest absolute Gasteiger partial charge is 0.490 e. The van der Waals surface area contributed by atoms with E-state index < -0.39 is 0 Å². The van der Waals surface area contributed by atoms with E-state index in [4.69, 9.17) is 9.47 Å². The van der Waals surface area contributed by atoms with E-state index in [-0.39, 0.29) is 18.3 Å². The van der Waals surface area contributed by atoms with Crippen LogP contribution < -0.4 is 14.8 Å². The molecule has 1 amide bonds. The quantitative estimate of drug-likeness (QED) is 0.741. The molecule has 140 valence electrons. The summed E-state index contributed by atoms with van der Waals surface area (Å²) in [4.78, 5) is 14.0. The summed E-state index contributed by atoms with van der Waals surface area (Å²) in [6.45, 7) is 5.32. The summed E-state index contributed by atoms with van der Waals surface area (Å²) in [5, 5.41) is 2.83. The van der Waals surface area contributed by atoms with Gasteiger partial charge in [0.25, 0.3) is 0 Å². The van der Waals surface area contributed by atoms with Gasteiger partial charge in [-0.25, -0.2) is 4.39 Å². The molecule has 2 aromatic rings. The van der Waals surface area contributed by atoms with Crippen LogP contribution in [0.4, 0.5) is 10.1 Å². The van der Waals surface area contributed by atoms with Crippen LogP contribution in [-0.4, -0.2) is 37.6 Å². The second kappa shape index (κ2) is 9.77. The Balaban J connectivity index is 1.96. The standard InChI is InChI=1S/C20H25FN2O3/c1-4-25-18-11-10-16(12-19(18)26-5-2)22-20(24)14-23(3)13-15-8-6-7-9-17(15)21/h6-12H,4-5,13-14H2,1-3H3,(H,22,24). The maximum Gasteiger partial charge on any atom is 0.238 e. The minimum Gasteiger partial charge on any atom is -0.490 e. The first kappa shape index (κ1) is 19.7. The summed E-state index contributed by atoms with van der Waals surface area (Å²) < 4.78 is 24.8. The van der Waals surface area contributed by atoms with Gasteiger partial charge in [0.05, 0.1) is 19.8 Å². The van der Waals surface area contributed by atoms with Gasteiger partial charge >= 0.3 is 0 Å². The fourth-order valence-electron chi connectivity index (χ4n) is 2.55. The third-order valence-electron chi connectivity index (χ3n) is 3.64. The number of hydrogen-bond acceptors (Lipinski definition) is 4. The van der Waals surface area contributed by atoms with E-state index in [0.717, 1.165) is 0 Å². The monoisotopic (exact) mass is 360 g/mol. The summed E-state index contributed by atoms with van der Waals surface area (Å²) in [5.41, 5.74) is 1.18. The van der Waals surface area contributed by atoms with Gasteiger partial charge in [-0.3, -0.25) is 9.69 Å². The average molecular weight is 360 g/mol. The first-order valence-corrected chi connectivity index (χ1v) is 8.65. The van der Waals surface area contributed by atoms with E-state index in [2.05, 4.69) is 5.32 Å². The molecule has 1 N–H and O–H groups in total. The number of ether oxygens (including phenoxy) is 2. The third kappa shape index (κ3) is 5.74. The lowest BCUT2D eigenvalue weighted by molar-refractivity contribution is -0.117. The molecule has 0 saturated heterocycles. The molecule has 0 unspecified atom stereocenters. The molecule has 0 aliphatic heterocycles. The van der Waals surface area contributed by atoms with Gasteiger partial charge in [-0.2, -0.15) is 0 Å². The second-order valence-corrected chi connectivity index (χ2v) is 5.84. The molecule has 0 fully saturated rings. The topological polar surface area (TPSA) is 50.8 Å². The molecule has 5 nitrogen and oxygen atoms in total. The van der Waals surface area contributed by atoms with Crippen molar-refractivity contribution in [3.63, 3.8) is 0 Å². The number of carbonyl (C=O) groups excluding carboxylic acids is 1. The van der Waals surface area contributed by atoms with Crippen LogP contribution in [0.5, 0.6) is 11.5 Å². The highest BCUT2D eigenvalue weighted by atomic mass is 19.1. The highest BCUT2D eigenvalue weighted by Crippen LogP contribution is 2.30. The second-order valence-electron chi connectivity index (χ2n) is 5.84. The molecule has 0 aliphatic rings. The Morgan fingerprint density at radius 2 is 1.77 bits per heavy atom. The fourth-order valence-corrected chi connectivity index (χ4v) is 2.55. The molecule has 26 heavy (non-hydrogen) atoms. The number of likely N-dealkylation sites (N-methyl/N-ethyl adjacent to an activating group) is 1.